The first-order valence-corrected chi connectivity index (χ1v) is 6.79. The van der Waals surface area contributed by atoms with Crippen LogP contribution in [0.1, 0.15) is 26.7 Å². The number of amides is 1. The number of nitrogens with zero attached hydrogens (tertiary/aromatic N) is 1. The Morgan fingerprint density at radius 1 is 1.53 bits per heavy atom. The summed E-state index contributed by atoms with van der Waals surface area (Å²) >= 11 is 3.38. The predicted octanol–water partition coefficient (Wildman–Crippen LogP) is 2.04. The number of rotatable bonds is 5. The third-order valence-corrected chi connectivity index (χ3v) is 3.15. The second kappa shape index (κ2) is 6.48. The number of hydrogen-bond donors (Lipinski definition) is 0. The van der Waals surface area contributed by atoms with Crippen LogP contribution in [0.2, 0.25) is 0 Å². The highest BCUT2D eigenvalue weighted by Crippen LogP contribution is 2.22. The molecule has 0 aliphatic carbocycles. The molecular formula is C11H20BrNO2. The first-order valence-electron chi connectivity index (χ1n) is 5.67. The first kappa shape index (κ1) is 13.0. The van der Waals surface area contributed by atoms with Gasteiger partial charge in [-0.25, -0.2) is 0 Å². The van der Waals surface area contributed by atoms with Gasteiger partial charge in [0.15, 0.2) is 0 Å². The van der Waals surface area contributed by atoms with Crippen molar-refractivity contribution >= 4 is 21.8 Å². The van der Waals surface area contributed by atoms with E-state index in [0.29, 0.717) is 5.92 Å². The van der Waals surface area contributed by atoms with Crippen LogP contribution in [0.25, 0.3) is 0 Å². The molecule has 1 amide bonds. The maximum atomic E-state index is 12.1. The number of ether oxygens (including phenoxy) is 1. The van der Waals surface area contributed by atoms with Crippen molar-refractivity contribution in [2.24, 2.45) is 5.92 Å². The lowest BCUT2D eigenvalue weighted by atomic mass is 10.0. The van der Waals surface area contributed by atoms with E-state index in [1.54, 1.807) is 0 Å². The van der Waals surface area contributed by atoms with Crippen LogP contribution in [-0.4, -0.2) is 41.9 Å². The Morgan fingerprint density at radius 3 is 2.73 bits per heavy atom. The molecule has 4 heteroatoms. The van der Waals surface area contributed by atoms with E-state index < -0.39 is 0 Å². The Hall–Kier alpha value is -0.0900. The molecule has 0 radical (unpaired) electrons. The number of halogens is 1. The second-order valence-corrected chi connectivity index (χ2v) is 4.86. The highest BCUT2D eigenvalue weighted by atomic mass is 79.9. The zero-order chi connectivity index (χ0) is 11.3. The van der Waals surface area contributed by atoms with Gasteiger partial charge in [-0.15, -0.1) is 0 Å². The van der Waals surface area contributed by atoms with E-state index >= 15 is 0 Å². The molecule has 0 saturated carbocycles. The molecule has 0 aromatic rings. The zero-order valence-electron chi connectivity index (χ0n) is 9.54. The Bertz CT molecular complexity index is 205. The fraction of sp³-hybridized carbons (Fsp3) is 0.909. The van der Waals surface area contributed by atoms with Crippen molar-refractivity contribution in [3.63, 3.8) is 0 Å². The molecule has 88 valence electrons. The third-order valence-electron chi connectivity index (χ3n) is 2.79. The smallest absolute Gasteiger partial charge is 0.252 e. The maximum Gasteiger partial charge on any atom is 0.252 e. The normalized spacial score (nSPS) is 25.5. The molecule has 0 aromatic carbocycles. The molecule has 0 bridgehead atoms. The van der Waals surface area contributed by atoms with Gasteiger partial charge in [0, 0.05) is 25.0 Å². The molecule has 1 saturated heterocycles. The summed E-state index contributed by atoms with van der Waals surface area (Å²) in [5.41, 5.74) is 0. The molecule has 0 aromatic heterocycles. The highest BCUT2D eigenvalue weighted by Gasteiger charge is 2.33. The standard InChI is InChI=1S/C11H20BrNO2/c1-3-6-13(7-5-12)11(14)10-9(2)4-8-15-10/h9-10H,3-8H2,1-2H3. The van der Waals surface area contributed by atoms with Crippen LogP contribution in [0.5, 0.6) is 0 Å². The van der Waals surface area contributed by atoms with E-state index in [-0.39, 0.29) is 12.0 Å². The average molecular weight is 278 g/mol. The molecule has 15 heavy (non-hydrogen) atoms. The van der Waals surface area contributed by atoms with E-state index in [1.165, 1.54) is 0 Å². The minimum Gasteiger partial charge on any atom is -0.368 e. The quantitative estimate of drug-likeness (QED) is 0.720. The predicted molar refractivity (Wildman–Crippen MR) is 64.2 cm³/mol. The molecule has 1 heterocycles. The molecular weight excluding hydrogens is 258 g/mol. The summed E-state index contributed by atoms with van der Waals surface area (Å²) < 4.78 is 5.49. The van der Waals surface area contributed by atoms with E-state index in [9.17, 15) is 4.79 Å². The van der Waals surface area contributed by atoms with Crippen molar-refractivity contribution in [3.05, 3.63) is 0 Å². The first-order chi connectivity index (χ1) is 7.20. The molecule has 3 nitrogen and oxygen atoms in total. The molecule has 1 rings (SSSR count). The Labute approximate surface area is 100 Å². The van der Waals surface area contributed by atoms with Crippen LogP contribution in [-0.2, 0) is 9.53 Å². The summed E-state index contributed by atoms with van der Waals surface area (Å²) in [7, 11) is 0. The van der Waals surface area contributed by atoms with Crippen LogP contribution in [0.3, 0.4) is 0 Å². The van der Waals surface area contributed by atoms with Gasteiger partial charge in [-0.05, 0) is 18.8 Å². The van der Waals surface area contributed by atoms with Gasteiger partial charge in [0.05, 0.1) is 0 Å². The molecule has 2 atom stereocenters. The monoisotopic (exact) mass is 277 g/mol. The van der Waals surface area contributed by atoms with Gasteiger partial charge in [-0.3, -0.25) is 4.79 Å². The van der Waals surface area contributed by atoms with Crippen molar-refractivity contribution in [2.75, 3.05) is 25.0 Å². The lowest BCUT2D eigenvalue weighted by Crippen LogP contribution is -2.42. The molecule has 1 fully saturated rings. The number of carbonyl (C=O) groups excluding carboxylic acids is 1. The molecule has 0 spiro atoms. The van der Waals surface area contributed by atoms with Gasteiger partial charge < -0.3 is 9.64 Å². The van der Waals surface area contributed by atoms with Crippen molar-refractivity contribution < 1.29 is 9.53 Å². The van der Waals surface area contributed by atoms with Crippen LogP contribution < -0.4 is 0 Å². The lowest BCUT2D eigenvalue weighted by molar-refractivity contribution is -0.142. The van der Waals surface area contributed by atoms with Gasteiger partial charge in [-0.2, -0.15) is 0 Å². The van der Waals surface area contributed by atoms with E-state index in [2.05, 4.69) is 29.8 Å². The number of alkyl halides is 1. The average Bonchev–Trinajstić information content (AvgIpc) is 2.63. The van der Waals surface area contributed by atoms with Crippen LogP contribution in [0.4, 0.5) is 0 Å². The summed E-state index contributed by atoms with van der Waals surface area (Å²) in [5.74, 6) is 0.536. The summed E-state index contributed by atoms with van der Waals surface area (Å²) in [6.45, 7) is 6.52. The van der Waals surface area contributed by atoms with Gasteiger partial charge in [-0.1, -0.05) is 29.8 Å². The number of carbonyl (C=O) groups is 1. The van der Waals surface area contributed by atoms with Gasteiger partial charge in [0.2, 0.25) is 0 Å². The summed E-state index contributed by atoms with van der Waals surface area (Å²) in [4.78, 5) is 14.0. The summed E-state index contributed by atoms with van der Waals surface area (Å²) in [6.07, 6.45) is 1.81. The van der Waals surface area contributed by atoms with Crippen LogP contribution in [0, 0.1) is 5.92 Å². The zero-order valence-corrected chi connectivity index (χ0v) is 11.1. The molecule has 0 N–H and O–H groups in total. The fourth-order valence-electron chi connectivity index (χ4n) is 1.90. The van der Waals surface area contributed by atoms with Gasteiger partial charge >= 0.3 is 0 Å². The van der Waals surface area contributed by atoms with Crippen molar-refractivity contribution in [1.82, 2.24) is 4.90 Å². The van der Waals surface area contributed by atoms with Crippen LogP contribution >= 0.6 is 15.9 Å². The Kier molecular flexibility index (Phi) is 5.61. The summed E-state index contributed by atoms with van der Waals surface area (Å²) in [6, 6.07) is 0. The molecule has 1 aliphatic heterocycles. The Morgan fingerprint density at radius 2 is 2.27 bits per heavy atom. The fourth-order valence-corrected chi connectivity index (χ4v) is 2.32. The van der Waals surface area contributed by atoms with E-state index in [1.807, 2.05) is 4.90 Å². The van der Waals surface area contributed by atoms with Crippen LogP contribution in [0.15, 0.2) is 0 Å². The van der Waals surface area contributed by atoms with Gasteiger partial charge in [0.1, 0.15) is 6.10 Å². The van der Waals surface area contributed by atoms with Gasteiger partial charge in [0.25, 0.3) is 5.91 Å². The molecule has 2 unspecified atom stereocenters. The Balaban J connectivity index is 2.54. The summed E-state index contributed by atoms with van der Waals surface area (Å²) in [5, 5.41) is 0.833. The maximum absolute atomic E-state index is 12.1. The minimum atomic E-state index is -0.199. The van der Waals surface area contributed by atoms with Crippen molar-refractivity contribution in [2.45, 2.75) is 32.8 Å². The largest absolute Gasteiger partial charge is 0.368 e. The topological polar surface area (TPSA) is 29.5 Å². The van der Waals surface area contributed by atoms with E-state index in [4.69, 9.17) is 4.74 Å². The molecule has 1 aliphatic rings. The SMILES string of the molecule is CCCN(CCBr)C(=O)C1OCCC1C. The lowest BCUT2D eigenvalue weighted by Gasteiger charge is -2.25. The van der Waals surface area contributed by atoms with E-state index in [0.717, 1.165) is 37.9 Å². The highest BCUT2D eigenvalue weighted by molar-refractivity contribution is 9.09. The van der Waals surface area contributed by atoms with Crippen molar-refractivity contribution in [3.8, 4) is 0 Å². The third kappa shape index (κ3) is 3.45. The van der Waals surface area contributed by atoms with Crippen molar-refractivity contribution in [1.29, 1.82) is 0 Å². The second-order valence-electron chi connectivity index (χ2n) is 4.07. The number of hydrogen-bond acceptors (Lipinski definition) is 2. The minimum absolute atomic E-state index is 0.168.